The molecule has 2 aliphatic rings. The zero-order valence-corrected chi connectivity index (χ0v) is 25.4. The summed E-state index contributed by atoms with van der Waals surface area (Å²) in [6.07, 6.45) is 2.03. The number of fused-ring (bicyclic) bond motifs is 3. The number of halogens is 4. The summed E-state index contributed by atoms with van der Waals surface area (Å²) in [5.74, 6) is 0.687. The van der Waals surface area contributed by atoms with Crippen LogP contribution in [0.15, 0.2) is 64.3 Å². The van der Waals surface area contributed by atoms with Gasteiger partial charge in [0.1, 0.15) is 12.0 Å². The maximum atomic E-state index is 14.3. The van der Waals surface area contributed by atoms with E-state index in [0.29, 0.717) is 34.3 Å². The Hall–Kier alpha value is -4.26. The second kappa shape index (κ2) is 10.4. The molecule has 2 aromatic carbocycles. The smallest absolute Gasteiger partial charge is 0.330 e. The molecule has 13 heteroatoms. The normalized spacial score (nSPS) is 16.9. The second-order valence-electron chi connectivity index (χ2n) is 11.6. The van der Waals surface area contributed by atoms with Gasteiger partial charge in [0.2, 0.25) is 0 Å². The molecule has 1 aliphatic carbocycles. The molecule has 0 saturated heterocycles. The number of hydrogen-bond acceptors (Lipinski definition) is 5. The molecule has 7 rings (SSSR count). The van der Waals surface area contributed by atoms with Crippen LogP contribution in [0.4, 0.5) is 13.2 Å². The lowest BCUT2D eigenvalue weighted by Crippen LogP contribution is -2.46. The minimum absolute atomic E-state index is 0.0367. The van der Waals surface area contributed by atoms with Gasteiger partial charge in [-0.3, -0.25) is 14.2 Å². The molecule has 1 fully saturated rings. The number of amides is 1. The quantitative estimate of drug-likeness (QED) is 0.244. The first kappa shape index (κ1) is 28.5. The first-order chi connectivity index (χ1) is 21.0. The molecule has 9 nitrogen and oxygen atoms in total. The van der Waals surface area contributed by atoms with Crippen molar-refractivity contribution < 1.29 is 18.0 Å². The molecule has 4 heterocycles. The third-order valence-corrected chi connectivity index (χ3v) is 9.22. The molecule has 226 valence electrons. The molecule has 44 heavy (non-hydrogen) atoms. The average Bonchev–Trinajstić information content (AvgIpc) is 3.56. The van der Waals surface area contributed by atoms with E-state index in [0.717, 1.165) is 36.5 Å². The highest BCUT2D eigenvalue weighted by Crippen LogP contribution is 2.37. The van der Waals surface area contributed by atoms with Crippen LogP contribution in [0.2, 0.25) is 0 Å². The second-order valence-corrected chi connectivity index (χ2v) is 12.5. The molecular formula is C31H27BrF3N7O2. The molecular weight excluding hydrogens is 639 g/mol. The highest BCUT2D eigenvalue weighted by atomic mass is 79.9. The number of hydrogen-bond donors (Lipinski definition) is 0. The molecule has 1 saturated carbocycles. The third-order valence-electron chi connectivity index (χ3n) is 8.53. The van der Waals surface area contributed by atoms with Gasteiger partial charge in [-0.15, -0.1) is 10.2 Å². The van der Waals surface area contributed by atoms with Gasteiger partial charge in [0.15, 0.2) is 5.82 Å². The summed E-state index contributed by atoms with van der Waals surface area (Å²) in [7, 11) is 1.86. The molecule has 0 spiro atoms. The molecule has 1 unspecified atom stereocenters. The summed E-state index contributed by atoms with van der Waals surface area (Å²) in [6.45, 7) is 1.84. The third kappa shape index (κ3) is 4.83. The zero-order chi connectivity index (χ0) is 30.9. The fourth-order valence-corrected chi connectivity index (χ4v) is 6.49. The number of carbonyl (C=O) groups is 1. The number of carbonyl (C=O) groups excluding carboxylic acids is 1. The first-order valence-corrected chi connectivity index (χ1v) is 15.1. The predicted molar refractivity (Wildman–Crippen MR) is 159 cm³/mol. The van der Waals surface area contributed by atoms with Crippen molar-refractivity contribution in [3.05, 3.63) is 97.8 Å². The highest BCUT2D eigenvalue weighted by Gasteiger charge is 2.37. The Kier molecular flexibility index (Phi) is 6.76. The summed E-state index contributed by atoms with van der Waals surface area (Å²) in [4.78, 5) is 29.5. The van der Waals surface area contributed by atoms with E-state index in [2.05, 4.69) is 26.1 Å². The number of alkyl halides is 3. The monoisotopic (exact) mass is 665 g/mol. The van der Waals surface area contributed by atoms with E-state index in [9.17, 15) is 22.8 Å². The molecule has 0 N–H and O–H groups in total. The van der Waals surface area contributed by atoms with Crippen molar-refractivity contribution in [1.29, 1.82) is 0 Å². The summed E-state index contributed by atoms with van der Waals surface area (Å²) in [5, 5.41) is 12.8. The fraction of sp³-hybridized carbons (Fsp3) is 0.323. The minimum Gasteiger partial charge on any atom is -0.330 e. The number of aromatic nitrogens is 6. The van der Waals surface area contributed by atoms with E-state index in [1.54, 1.807) is 28.5 Å². The van der Waals surface area contributed by atoms with Gasteiger partial charge in [0.25, 0.3) is 11.5 Å². The van der Waals surface area contributed by atoms with Crippen molar-refractivity contribution >= 4 is 27.5 Å². The van der Waals surface area contributed by atoms with Crippen molar-refractivity contribution in [2.24, 2.45) is 13.0 Å². The van der Waals surface area contributed by atoms with Gasteiger partial charge in [-0.2, -0.15) is 18.3 Å². The molecule has 1 amide bonds. The molecule has 3 aromatic heterocycles. The SMILES string of the molecule is CC1Cc2c(n3ncc(CC4CC4)c3n(-c3ccc(-c4nncn4C)cc3)c2=O)CN1C(=O)c1ccc(Br)c(C(F)(F)F)c1. The van der Waals surface area contributed by atoms with Crippen LogP contribution in [0.3, 0.4) is 0 Å². The van der Waals surface area contributed by atoms with Crippen LogP contribution in [-0.4, -0.2) is 45.8 Å². The summed E-state index contributed by atoms with van der Waals surface area (Å²) in [5.41, 5.74) is 3.01. The first-order valence-electron chi connectivity index (χ1n) is 14.3. The molecule has 0 bridgehead atoms. The van der Waals surface area contributed by atoms with Crippen LogP contribution in [0.5, 0.6) is 0 Å². The fourth-order valence-electron chi connectivity index (χ4n) is 6.02. The Morgan fingerprint density at radius 3 is 2.52 bits per heavy atom. The lowest BCUT2D eigenvalue weighted by atomic mass is 9.97. The Bertz CT molecular complexity index is 1990. The number of aryl methyl sites for hydroxylation is 1. The standard InChI is InChI=1S/C31H27BrF3N7O2/c1-17-11-23-26(15-40(17)29(43)20-7-10-25(32)24(13-20)31(33,34)35)42-28(21(14-37-42)12-18-3-4-18)41(30(23)44)22-8-5-19(6-9-22)27-38-36-16-39(27)2/h5-10,13-14,16-18H,3-4,11-12,15H2,1-2H3. The van der Waals surface area contributed by atoms with Gasteiger partial charge in [0, 0.05) is 39.8 Å². The highest BCUT2D eigenvalue weighted by molar-refractivity contribution is 9.10. The number of rotatable bonds is 5. The van der Waals surface area contributed by atoms with Gasteiger partial charge >= 0.3 is 6.18 Å². The van der Waals surface area contributed by atoms with Crippen LogP contribution >= 0.6 is 15.9 Å². The van der Waals surface area contributed by atoms with Crippen molar-refractivity contribution in [2.45, 2.75) is 51.4 Å². The maximum absolute atomic E-state index is 14.3. The van der Waals surface area contributed by atoms with E-state index in [1.807, 2.05) is 35.9 Å². The van der Waals surface area contributed by atoms with E-state index in [-0.39, 0.29) is 28.6 Å². The zero-order valence-electron chi connectivity index (χ0n) is 23.8. The largest absolute Gasteiger partial charge is 0.417 e. The van der Waals surface area contributed by atoms with Crippen molar-refractivity contribution in [3.63, 3.8) is 0 Å². The van der Waals surface area contributed by atoms with E-state index >= 15 is 0 Å². The van der Waals surface area contributed by atoms with Crippen molar-refractivity contribution in [1.82, 2.24) is 33.8 Å². The maximum Gasteiger partial charge on any atom is 0.417 e. The van der Waals surface area contributed by atoms with E-state index in [4.69, 9.17) is 5.10 Å². The van der Waals surface area contributed by atoms with Gasteiger partial charge in [-0.1, -0.05) is 15.9 Å². The van der Waals surface area contributed by atoms with Gasteiger partial charge in [-0.05, 0) is 81.0 Å². The van der Waals surface area contributed by atoms with Crippen molar-refractivity contribution in [2.75, 3.05) is 0 Å². The number of benzene rings is 2. The Morgan fingerprint density at radius 1 is 1.11 bits per heavy atom. The average molecular weight is 667 g/mol. The van der Waals surface area contributed by atoms with Crippen LogP contribution in [0.1, 0.15) is 52.5 Å². The van der Waals surface area contributed by atoms with Crippen LogP contribution in [0.25, 0.3) is 22.7 Å². The van der Waals surface area contributed by atoms with Gasteiger partial charge in [0.05, 0.1) is 29.7 Å². The number of nitrogens with zero attached hydrogens (tertiary/aromatic N) is 7. The molecule has 1 atom stereocenters. The topological polar surface area (TPSA) is 90.3 Å². The summed E-state index contributed by atoms with van der Waals surface area (Å²) in [6, 6.07) is 10.6. The van der Waals surface area contributed by atoms with Gasteiger partial charge < -0.3 is 9.47 Å². The molecule has 5 aromatic rings. The lowest BCUT2D eigenvalue weighted by Gasteiger charge is -2.35. The Morgan fingerprint density at radius 2 is 1.86 bits per heavy atom. The summed E-state index contributed by atoms with van der Waals surface area (Å²) < 4.78 is 45.9. The van der Waals surface area contributed by atoms with Crippen LogP contribution < -0.4 is 5.56 Å². The van der Waals surface area contributed by atoms with Gasteiger partial charge in [-0.25, -0.2) is 4.52 Å². The predicted octanol–water partition coefficient (Wildman–Crippen LogP) is 5.60. The van der Waals surface area contributed by atoms with Crippen molar-refractivity contribution in [3.8, 4) is 17.1 Å². The lowest BCUT2D eigenvalue weighted by molar-refractivity contribution is -0.138. The Labute approximate surface area is 258 Å². The van der Waals surface area contributed by atoms with Crippen LogP contribution in [0, 0.1) is 5.92 Å². The van der Waals surface area contributed by atoms with E-state index in [1.165, 1.54) is 17.0 Å². The molecule has 1 aliphatic heterocycles. The molecule has 0 radical (unpaired) electrons. The minimum atomic E-state index is -4.62. The Balaban J connectivity index is 1.33. The van der Waals surface area contributed by atoms with Crippen LogP contribution in [-0.2, 0) is 32.6 Å². The summed E-state index contributed by atoms with van der Waals surface area (Å²) >= 11 is 2.95. The van der Waals surface area contributed by atoms with E-state index < -0.39 is 23.7 Å².